The van der Waals surface area contributed by atoms with Crippen LogP contribution in [0, 0.1) is 4.77 Å². The Morgan fingerprint density at radius 2 is 2.26 bits per heavy atom. The number of anilines is 2. The van der Waals surface area contributed by atoms with Crippen LogP contribution in [0.5, 0.6) is 0 Å². The average molecular weight is 409 g/mol. The number of aromatic nitrogens is 3. The van der Waals surface area contributed by atoms with Crippen molar-refractivity contribution in [3.8, 4) is 0 Å². The third-order valence-corrected chi connectivity index (χ3v) is 4.84. The van der Waals surface area contributed by atoms with E-state index in [2.05, 4.69) is 20.8 Å². The van der Waals surface area contributed by atoms with Crippen molar-refractivity contribution >= 4 is 47.0 Å². The Labute approximate surface area is 166 Å². The van der Waals surface area contributed by atoms with Crippen molar-refractivity contribution in [3.05, 3.63) is 33.8 Å². The second-order valence-corrected chi connectivity index (χ2v) is 7.06. The summed E-state index contributed by atoms with van der Waals surface area (Å²) < 4.78 is 2.11. The van der Waals surface area contributed by atoms with Crippen LogP contribution >= 0.6 is 23.8 Å². The molecule has 1 aromatic carbocycles. The van der Waals surface area contributed by atoms with Gasteiger partial charge in [-0.1, -0.05) is 18.5 Å². The number of rotatable bonds is 6. The van der Waals surface area contributed by atoms with Crippen LogP contribution in [0.3, 0.4) is 0 Å². The summed E-state index contributed by atoms with van der Waals surface area (Å²) in [5, 5.41) is 13.0. The van der Waals surface area contributed by atoms with Gasteiger partial charge in [0.1, 0.15) is 12.4 Å². The van der Waals surface area contributed by atoms with Crippen LogP contribution in [0.4, 0.5) is 11.4 Å². The van der Waals surface area contributed by atoms with Gasteiger partial charge in [0.15, 0.2) is 4.77 Å². The SMILES string of the molecule is CCCc1n[nH]c(=S)n1CC(=O)Nc1ccc(N2CCNC(=O)C2)c(Cl)c1. The molecule has 0 saturated carbocycles. The molecule has 0 aliphatic carbocycles. The maximum Gasteiger partial charge on any atom is 0.244 e. The summed E-state index contributed by atoms with van der Waals surface area (Å²) in [7, 11) is 0. The number of nitrogens with one attached hydrogen (secondary N) is 3. The van der Waals surface area contributed by atoms with Crippen molar-refractivity contribution in [2.24, 2.45) is 0 Å². The molecule has 1 aromatic heterocycles. The minimum Gasteiger partial charge on any atom is -0.359 e. The van der Waals surface area contributed by atoms with Crippen molar-refractivity contribution in [2.45, 2.75) is 26.3 Å². The van der Waals surface area contributed by atoms with Crippen LogP contribution in [0.2, 0.25) is 5.02 Å². The summed E-state index contributed by atoms with van der Waals surface area (Å²) in [6.07, 6.45) is 1.65. The van der Waals surface area contributed by atoms with Gasteiger partial charge in [-0.25, -0.2) is 0 Å². The van der Waals surface area contributed by atoms with Crippen LogP contribution in [-0.4, -0.2) is 46.2 Å². The minimum atomic E-state index is -0.217. The van der Waals surface area contributed by atoms with E-state index >= 15 is 0 Å². The number of carbonyl (C=O) groups is 2. The van der Waals surface area contributed by atoms with E-state index in [1.165, 1.54) is 0 Å². The van der Waals surface area contributed by atoms with Gasteiger partial charge in [0.05, 0.1) is 17.3 Å². The lowest BCUT2D eigenvalue weighted by atomic mass is 10.2. The van der Waals surface area contributed by atoms with Crippen molar-refractivity contribution in [2.75, 3.05) is 29.9 Å². The van der Waals surface area contributed by atoms with Gasteiger partial charge in [-0.05, 0) is 36.8 Å². The number of halogens is 1. The Hall–Kier alpha value is -2.39. The fraction of sp³-hybridized carbons (Fsp3) is 0.412. The van der Waals surface area contributed by atoms with Crippen molar-refractivity contribution < 1.29 is 9.59 Å². The topological polar surface area (TPSA) is 95.1 Å². The van der Waals surface area contributed by atoms with Crippen LogP contribution in [0.25, 0.3) is 0 Å². The number of amides is 2. The lowest BCUT2D eigenvalue weighted by Crippen LogP contribution is -2.47. The highest BCUT2D eigenvalue weighted by molar-refractivity contribution is 7.71. The van der Waals surface area contributed by atoms with E-state index in [9.17, 15) is 9.59 Å². The lowest BCUT2D eigenvalue weighted by Gasteiger charge is -2.29. The molecular formula is C17H21ClN6O2S. The first-order valence-corrected chi connectivity index (χ1v) is 9.51. The summed E-state index contributed by atoms with van der Waals surface area (Å²) in [5.74, 6) is 0.509. The van der Waals surface area contributed by atoms with E-state index in [0.29, 0.717) is 28.6 Å². The molecule has 144 valence electrons. The van der Waals surface area contributed by atoms with Gasteiger partial charge in [0.25, 0.3) is 0 Å². The zero-order chi connectivity index (χ0) is 19.4. The number of nitrogens with zero attached hydrogens (tertiary/aromatic N) is 3. The minimum absolute atomic E-state index is 0.0329. The molecule has 0 atom stereocenters. The van der Waals surface area contributed by atoms with Crippen molar-refractivity contribution in [1.29, 1.82) is 0 Å². The zero-order valence-electron chi connectivity index (χ0n) is 14.9. The highest BCUT2D eigenvalue weighted by Crippen LogP contribution is 2.29. The molecule has 0 unspecified atom stereocenters. The summed E-state index contributed by atoms with van der Waals surface area (Å²) in [5.41, 5.74) is 1.36. The number of aryl methyl sites for hydroxylation is 1. The average Bonchev–Trinajstić information content (AvgIpc) is 2.95. The molecule has 8 nitrogen and oxygen atoms in total. The molecular weight excluding hydrogens is 388 g/mol. The molecule has 0 bridgehead atoms. The molecule has 0 spiro atoms. The number of benzene rings is 1. The highest BCUT2D eigenvalue weighted by Gasteiger charge is 2.19. The standard InChI is InChI=1S/C17H21ClN6O2S/c1-2-3-14-21-22-17(27)24(14)10-16(26)20-11-4-5-13(12(18)8-11)23-7-6-19-15(25)9-23/h4-5,8H,2-3,6-7,9-10H2,1H3,(H,19,25)(H,20,26)(H,22,27). The summed E-state index contributed by atoms with van der Waals surface area (Å²) in [6.45, 7) is 3.66. The normalized spacial score (nSPS) is 14.1. The summed E-state index contributed by atoms with van der Waals surface area (Å²) in [6, 6.07) is 5.26. The quantitative estimate of drug-likeness (QED) is 0.636. The van der Waals surface area contributed by atoms with Crippen LogP contribution in [0.1, 0.15) is 19.2 Å². The van der Waals surface area contributed by atoms with Gasteiger partial charge in [-0.15, -0.1) is 0 Å². The number of piperazine rings is 1. The maximum atomic E-state index is 12.4. The highest BCUT2D eigenvalue weighted by atomic mass is 35.5. The second-order valence-electron chi connectivity index (χ2n) is 6.27. The first kappa shape index (κ1) is 19.4. The fourth-order valence-electron chi connectivity index (χ4n) is 2.96. The summed E-state index contributed by atoms with van der Waals surface area (Å²) in [4.78, 5) is 25.9. The molecule has 1 saturated heterocycles. The van der Waals surface area contributed by atoms with E-state index < -0.39 is 0 Å². The Kier molecular flexibility index (Phi) is 6.12. The number of hydrogen-bond donors (Lipinski definition) is 3. The molecule has 10 heteroatoms. The van der Waals surface area contributed by atoms with Gasteiger partial charge in [0, 0.05) is 25.2 Å². The Morgan fingerprint density at radius 3 is 2.96 bits per heavy atom. The first-order chi connectivity index (χ1) is 13.0. The largest absolute Gasteiger partial charge is 0.359 e. The van der Waals surface area contributed by atoms with Crippen LogP contribution < -0.4 is 15.5 Å². The van der Waals surface area contributed by atoms with Gasteiger partial charge in [-0.2, -0.15) is 5.10 Å². The second kappa shape index (κ2) is 8.53. The third-order valence-electron chi connectivity index (χ3n) is 4.22. The van der Waals surface area contributed by atoms with Gasteiger partial charge in [-0.3, -0.25) is 19.3 Å². The third kappa shape index (κ3) is 4.67. The molecule has 0 radical (unpaired) electrons. The van der Waals surface area contributed by atoms with Gasteiger partial charge >= 0.3 is 0 Å². The Morgan fingerprint density at radius 1 is 1.44 bits per heavy atom. The van der Waals surface area contributed by atoms with E-state index in [1.807, 2.05) is 17.9 Å². The fourth-order valence-corrected chi connectivity index (χ4v) is 3.47. The smallest absolute Gasteiger partial charge is 0.244 e. The number of hydrogen-bond acceptors (Lipinski definition) is 5. The van der Waals surface area contributed by atoms with E-state index in [0.717, 1.165) is 24.4 Å². The summed E-state index contributed by atoms with van der Waals surface area (Å²) >= 11 is 11.6. The Bertz CT molecular complexity index is 909. The van der Waals surface area contributed by atoms with Crippen molar-refractivity contribution in [1.82, 2.24) is 20.1 Å². The monoisotopic (exact) mass is 408 g/mol. The molecule has 1 aliphatic rings. The lowest BCUT2D eigenvalue weighted by molar-refractivity contribution is -0.120. The predicted octanol–water partition coefficient (Wildman–Crippen LogP) is 2.12. The van der Waals surface area contributed by atoms with Crippen LogP contribution in [-0.2, 0) is 22.6 Å². The molecule has 27 heavy (non-hydrogen) atoms. The number of aromatic amines is 1. The predicted molar refractivity (Wildman–Crippen MR) is 107 cm³/mol. The molecule has 1 fully saturated rings. The van der Waals surface area contributed by atoms with Gasteiger partial charge < -0.3 is 15.5 Å². The van der Waals surface area contributed by atoms with E-state index in [1.54, 1.807) is 16.7 Å². The molecule has 1 aliphatic heterocycles. The zero-order valence-corrected chi connectivity index (χ0v) is 16.5. The molecule has 2 amide bonds. The molecule has 2 aromatic rings. The molecule has 2 heterocycles. The first-order valence-electron chi connectivity index (χ1n) is 8.73. The van der Waals surface area contributed by atoms with Crippen LogP contribution in [0.15, 0.2) is 18.2 Å². The maximum absolute atomic E-state index is 12.4. The number of carbonyl (C=O) groups excluding carboxylic acids is 2. The van der Waals surface area contributed by atoms with Crippen molar-refractivity contribution in [3.63, 3.8) is 0 Å². The van der Waals surface area contributed by atoms with Gasteiger partial charge in [0.2, 0.25) is 11.8 Å². The molecule has 3 N–H and O–H groups in total. The van der Waals surface area contributed by atoms with E-state index in [-0.39, 0.29) is 24.9 Å². The number of H-pyrrole nitrogens is 1. The Balaban J connectivity index is 1.68. The van der Waals surface area contributed by atoms with E-state index in [4.69, 9.17) is 23.8 Å². The molecule has 3 rings (SSSR count).